The second-order valence-corrected chi connectivity index (χ2v) is 4.84. The molecule has 0 aliphatic heterocycles. The van der Waals surface area contributed by atoms with Gasteiger partial charge in [-0.1, -0.05) is 12.1 Å². The number of nitrogens with one attached hydrogen (secondary N) is 1. The van der Waals surface area contributed by atoms with Gasteiger partial charge in [0.2, 0.25) is 5.91 Å². The molecule has 0 radical (unpaired) electrons. The SMILES string of the molecule is O=C(C=Cc1cnc2ccccc2n1)Nc1nccs1. The summed E-state index contributed by atoms with van der Waals surface area (Å²) in [7, 11) is 0. The molecule has 3 rings (SSSR count). The Kier molecular flexibility index (Phi) is 3.47. The Labute approximate surface area is 119 Å². The van der Waals surface area contributed by atoms with Gasteiger partial charge >= 0.3 is 0 Å². The third-order valence-corrected chi connectivity index (χ3v) is 3.22. The first-order chi connectivity index (χ1) is 9.81. The van der Waals surface area contributed by atoms with Gasteiger partial charge in [0.15, 0.2) is 5.13 Å². The minimum Gasteiger partial charge on any atom is -0.298 e. The zero-order valence-corrected chi connectivity index (χ0v) is 11.2. The normalized spacial score (nSPS) is 11.0. The van der Waals surface area contributed by atoms with Crippen molar-refractivity contribution in [3.63, 3.8) is 0 Å². The van der Waals surface area contributed by atoms with E-state index in [4.69, 9.17) is 0 Å². The molecule has 20 heavy (non-hydrogen) atoms. The first kappa shape index (κ1) is 12.4. The van der Waals surface area contributed by atoms with Crippen LogP contribution in [-0.4, -0.2) is 20.9 Å². The van der Waals surface area contributed by atoms with Gasteiger partial charge < -0.3 is 0 Å². The van der Waals surface area contributed by atoms with Gasteiger partial charge in [-0.25, -0.2) is 9.97 Å². The van der Waals surface area contributed by atoms with E-state index in [2.05, 4.69) is 20.3 Å². The van der Waals surface area contributed by atoms with Crippen LogP contribution in [0.25, 0.3) is 17.1 Å². The molecule has 98 valence electrons. The lowest BCUT2D eigenvalue weighted by molar-refractivity contribution is -0.111. The summed E-state index contributed by atoms with van der Waals surface area (Å²) in [5, 5.41) is 5.04. The van der Waals surface area contributed by atoms with E-state index < -0.39 is 0 Å². The quantitative estimate of drug-likeness (QED) is 0.750. The van der Waals surface area contributed by atoms with Gasteiger partial charge in [-0.3, -0.25) is 15.1 Å². The van der Waals surface area contributed by atoms with Crippen molar-refractivity contribution in [2.24, 2.45) is 0 Å². The van der Waals surface area contributed by atoms with Crippen LogP contribution < -0.4 is 5.32 Å². The number of anilines is 1. The fraction of sp³-hybridized carbons (Fsp3) is 0. The molecule has 2 aromatic heterocycles. The number of hydrogen-bond donors (Lipinski definition) is 1. The van der Waals surface area contributed by atoms with Crippen LogP contribution in [-0.2, 0) is 4.79 Å². The molecule has 1 aromatic carbocycles. The first-order valence-corrected chi connectivity index (χ1v) is 6.79. The van der Waals surface area contributed by atoms with Gasteiger partial charge in [-0.05, 0) is 18.2 Å². The molecule has 0 bridgehead atoms. The molecule has 0 unspecified atom stereocenters. The van der Waals surface area contributed by atoms with Crippen LogP contribution in [0.2, 0.25) is 0 Å². The summed E-state index contributed by atoms with van der Waals surface area (Å²) < 4.78 is 0. The van der Waals surface area contributed by atoms with Crippen molar-refractivity contribution in [1.82, 2.24) is 15.0 Å². The van der Waals surface area contributed by atoms with Crippen molar-refractivity contribution in [3.8, 4) is 0 Å². The van der Waals surface area contributed by atoms with E-state index in [-0.39, 0.29) is 5.91 Å². The highest BCUT2D eigenvalue weighted by Gasteiger charge is 2.00. The van der Waals surface area contributed by atoms with Crippen molar-refractivity contribution in [3.05, 3.63) is 53.8 Å². The van der Waals surface area contributed by atoms with Crippen molar-refractivity contribution in [2.45, 2.75) is 0 Å². The van der Waals surface area contributed by atoms with Gasteiger partial charge in [-0.15, -0.1) is 11.3 Å². The summed E-state index contributed by atoms with van der Waals surface area (Å²) in [6.07, 6.45) is 6.32. The number of amides is 1. The minimum absolute atomic E-state index is 0.241. The Bertz CT molecular complexity index is 768. The van der Waals surface area contributed by atoms with E-state index in [0.717, 1.165) is 11.0 Å². The van der Waals surface area contributed by atoms with E-state index in [0.29, 0.717) is 10.8 Å². The van der Waals surface area contributed by atoms with Crippen molar-refractivity contribution >= 4 is 39.5 Å². The lowest BCUT2D eigenvalue weighted by Gasteiger charge is -1.98. The van der Waals surface area contributed by atoms with Gasteiger partial charge in [0.05, 0.1) is 22.9 Å². The Balaban J connectivity index is 1.75. The van der Waals surface area contributed by atoms with Gasteiger partial charge in [0, 0.05) is 17.7 Å². The predicted molar refractivity (Wildman–Crippen MR) is 79.3 cm³/mol. The van der Waals surface area contributed by atoms with Crippen molar-refractivity contribution in [1.29, 1.82) is 0 Å². The fourth-order valence-electron chi connectivity index (χ4n) is 1.65. The van der Waals surface area contributed by atoms with Gasteiger partial charge in [-0.2, -0.15) is 0 Å². The maximum absolute atomic E-state index is 11.7. The summed E-state index contributed by atoms with van der Waals surface area (Å²) in [5.74, 6) is -0.241. The maximum Gasteiger partial charge on any atom is 0.250 e. The second-order valence-electron chi connectivity index (χ2n) is 3.94. The molecule has 3 aromatic rings. The topological polar surface area (TPSA) is 67.8 Å². The Hall–Kier alpha value is -2.60. The van der Waals surface area contributed by atoms with Crippen LogP contribution in [0.1, 0.15) is 5.69 Å². The number of fused-ring (bicyclic) bond motifs is 1. The molecular weight excluding hydrogens is 272 g/mol. The monoisotopic (exact) mass is 282 g/mol. The molecule has 2 heterocycles. The standard InChI is InChI=1S/C14H10N4OS/c19-13(18-14-15-7-8-20-14)6-5-10-9-16-11-3-1-2-4-12(11)17-10/h1-9H,(H,15,18,19). The summed E-state index contributed by atoms with van der Waals surface area (Å²) in [4.78, 5) is 24.3. The van der Waals surface area contributed by atoms with Crippen LogP contribution in [0, 0.1) is 0 Å². The molecule has 0 spiro atoms. The third kappa shape index (κ3) is 2.86. The van der Waals surface area contributed by atoms with E-state index in [1.165, 1.54) is 17.4 Å². The molecule has 1 amide bonds. The molecule has 1 N–H and O–H groups in total. The number of rotatable bonds is 3. The van der Waals surface area contributed by atoms with Gasteiger partial charge in [0.25, 0.3) is 0 Å². The number of benzene rings is 1. The number of nitrogens with zero attached hydrogens (tertiary/aromatic N) is 3. The van der Waals surface area contributed by atoms with Crippen molar-refractivity contribution in [2.75, 3.05) is 5.32 Å². The zero-order valence-electron chi connectivity index (χ0n) is 10.4. The lowest BCUT2D eigenvalue weighted by atomic mass is 10.3. The number of thiazole rings is 1. The van der Waals surface area contributed by atoms with E-state index in [1.807, 2.05) is 24.3 Å². The Morgan fingerprint density at radius 1 is 1.20 bits per heavy atom. The molecule has 5 nitrogen and oxygen atoms in total. The zero-order chi connectivity index (χ0) is 13.8. The van der Waals surface area contributed by atoms with Gasteiger partial charge in [0.1, 0.15) is 0 Å². The predicted octanol–water partition coefficient (Wildman–Crippen LogP) is 2.74. The average Bonchev–Trinajstić information content (AvgIpc) is 2.98. The molecular formula is C14H10N4OS. The highest BCUT2D eigenvalue weighted by atomic mass is 32.1. The van der Waals surface area contributed by atoms with E-state index in [9.17, 15) is 4.79 Å². The maximum atomic E-state index is 11.7. The van der Waals surface area contributed by atoms with E-state index >= 15 is 0 Å². The summed E-state index contributed by atoms with van der Waals surface area (Å²) in [6.45, 7) is 0. The number of hydrogen-bond acceptors (Lipinski definition) is 5. The van der Waals surface area contributed by atoms with E-state index in [1.54, 1.807) is 23.8 Å². The number of carbonyl (C=O) groups is 1. The molecule has 0 fully saturated rings. The van der Waals surface area contributed by atoms with Crippen LogP contribution in [0.3, 0.4) is 0 Å². The molecule has 0 atom stereocenters. The molecule has 0 aliphatic carbocycles. The Morgan fingerprint density at radius 3 is 2.85 bits per heavy atom. The smallest absolute Gasteiger partial charge is 0.250 e. The molecule has 0 saturated carbocycles. The van der Waals surface area contributed by atoms with Crippen LogP contribution in [0.4, 0.5) is 5.13 Å². The molecule has 0 saturated heterocycles. The summed E-state index contributed by atoms with van der Waals surface area (Å²) in [5.41, 5.74) is 2.27. The Morgan fingerprint density at radius 2 is 2.05 bits per heavy atom. The minimum atomic E-state index is -0.241. The number of carbonyl (C=O) groups excluding carboxylic acids is 1. The average molecular weight is 282 g/mol. The number of aromatic nitrogens is 3. The molecule has 0 aliphatic rings. The molecule has 6 heteroatoms. The highest BCUT2D eigenvalue weighted by molar-refractivity contribution is 7.13. The van der Waals surface area contributed by atoms with Crippen LogP contribution in [0.15, 0.2) is 48.1 Å². The van der Waals surface area contributed by atoms with Crippen LogP contribution in [0.5, 0.6) is 0 Å². The van der Waals surface area contributed by atoms with Crippen LogP contribution >= 0.6 is 11.3 Å². The fourth-order valence-corrected chi connectivity index (χ4v) is 2.18. The lowest BCUT2D eigenvalue weighted by Crippen LogP contribution is -2.07. The summed E-state index contributed by atoms with van der Waals surface area (Å²) in [6, 6.07) is 7.59. The summed E-state index contributed by atoms with van der Waals surface area (Å²) >= 11 is 1.37. The first-order valence-electron chi connectivity index (χ1n) is 5.91. The second kappa shape index (κ2) is 5.58. The highest BCUT2D eigenvalue weighted by Crippen LogP contribution is 2.11. The third-order valence-electron chi connectivity index (χ3n) is 2.54. The van der Waals surface area contributed by atoms with Crippen molar-refractivity contribution < 1.29 is 4.79 Å². The number of para-hydroxylation sites is 2. The largest absolute Gasteiger partial charge is 0.298 e.